The number of aromatic nitrogens is 4. The Morgan fingerprint density at radius 1 is 0.970 bits per heavy atom. The number of benzene rings is 3. The second-order valence-corrected chi connectivity index (χ2v) is 9.56. The van der Waals surface area contributed by atoms with Gasteiger partial charge < -0.3 is 4.90 Å². The quantitative estimate of drug-likeness (QED) is 0.297. The first-order valence-electron chi connectivity index (χ1n) is 10.7. The lowest BCUT2D eigenvalue weighted by molar-refractivity contribution is 0.590. The second kappa shape index (κ2) is 7.81. The van der Waals surface area contributed by atoms with Gasteiger partial charge in [0.2, 0.25) is 0 Å². The third-order valence-corrected chi connectivity index (χ3v) is 6.20. The van der Waals surface area contributed by atoms with Crippen molar-refractivity contribution >= 4 is 39.8 Å². The predicted octanol–water partition coefficient (Wildman–Crippen LogP) is 6.80. The highest BCUT2D eigenvalue weighted by Crippen LogP contribution is 2.34. The highest BCUT2D eigenvalue weighted by Gasteiger charge is 2.18. The number of fused-ring (bicyclic) bond motifs is 3. The molecule has 0 saturated heterocycles. The normalized spacial score (nSPS) is 11.9. The highest BCUT2D eigenvalue weighted by atomic mass is 35.5. The Bertz CT molecular complexity index is 1490. The van der Waals surface area contributed by atoms with E-state index in [1.165, 1.54) is 11.6 Å². The fourth-order valence-electron chi connectivity index (χ4n) is 3.98. The molecule has 0 amide bonds. The minimum Gasteiger partial charge on any atom is -0.329 e. The number of hydrogen-bond acceptors (Lipinski definition) is 4. The highest BCUT2D eigenvalue weighted by molar-refractivity contribution is 6.31. The number of halogens is 2. The molecule has 166 valence electrons. The zero-order valence-corrected chi connectivity index (χ0v) is 19.6. The van der Waals surface area contributed by atoms with Gasteiger partial charge in [0.25, 0.3) is 5.78 Å². The molecule has 3 aromatic carbocycles. The zero-order valence-electron chi connectivity index (χ0n) is 18.8. The van der Waals surface area contributed by atoms with Crippen molar-refractivity contribution in [3.8, 4) is 11.1 Å². The van der Waals surface area contributed by atoms with Crippen molar-refractivity contribution in [3.05, 3.63) is 83.4 Å². The Kier molecular flexibility index (Phi) is 5.05. The van der Waals surface area contributed by atoms with E-state index < -0.39 is 5.82 Å². The fourth-order valence-corrected chi connectivity index (χ4v) is 4.14. The van der Waals surface area contributed by atoms with Crippen LogP contribution in [0.4, 0.5) is 15.9 Å². The van der Waals surface area contributed by atoms with Crippen LogP contribution >= 0.6 is 11.6 Å². The molecule has 0 aliphatic rings. The van der Waals surface area contributed by atoms with Gasteiger partial charge in [0.05, 0.1) is 10.5 Å². The standard InChI is InChI=1S/C26H23ClFN5/c1-26(2,3)18-10-8-16(9-11-18)17-6-5-7-19(12-17)32(4)24-20-13-22(28)21(27)14-23(20)33-15-29-31-25(33)30-24/h5-15H,1-4H3. The van der Waals surface area contributed by atoms with E-state index in [0.717, 1.165) is 16.8 Å². The molecule has 33 heavy (non-hydrogen) atoms. The maximum atomic E-state index is 14.4. The van der Waals surface area contributed by atoms with Crippen molar-refractivity contribution in [2.75, 3.05) is 11.9 Å². The minimum atomic E-state index is -0.499. The first kappa shape index (κ1) is 21.3. The predicted molar refractivity (Wildman–Crippen MR) is 132 cm³/mol. The van der Waals surface area contributed by atoms with Gasteiger partial charge in [0.1, 0.15) is 18.0 Å². The summed E-state index contributed by atoms with van der Waals surface area (Å²) in [6.07, 6.45) is 1.55. The van der Waals surface area contributed by atoms with Crippen LogP contribution in [-0.2, 0) is 5.41 Å². The molecule has 0 atom stereocenters. The summed E-state index contributed by atoms with van der Waals surface area (Å²) in [4.78, 5) is 6.58. The largest absolute Gasteiger partial charge is 0.329 e. The third kappa shape index (κ3) is 3.80. The average Bonchev–Trinajstić information content (AvgIpc) is 3.27. The first-order valence-corrected chi connectivity index (χ1v) is 11.0. The lowest BCUT2D eigenvalue weighted by atomic mass is 9.86. The summed E-state index contributed by atoms with van der Waals surface area (Å²) in [6, 6.07) is 19.8. The van der Waals surface area contributed by atoms with E-state index >= 15 is 0 Å². The molecule has 2 heterocycles. The number of rotatable bonds is 3. The van der Waals surface area contributed by atoms with Gasteiger partial charge in [0.15, 0.2) is 0 Å². The molecule has 5 aromatic rings. The zero-order chi connectivity index (χ0) is 23.3. The fraction of sp³-hybridized carbons (Fsp3) is 0.192. The number of hydrogen-bond donors (Lipinski definition) is 0. The molecule has 0 fully saturated rings. The summed E-state index contributed by atoms with van der Waals surface area (Å²) < 4.78 is 16.1. The van der Waals surface area contributed by atoms with Gasteiger partial charge in [0, 0.05) is 18.1 Å². The summed E-state index contributed by atoms with van der Waals surface area (Å²) in [5.74, 6) is 0.489. The van der Waals surface area contributed by atoms with E-state index in [4.69, 9.17) is 11.6 Å². The van der Waals surface area contributed by atoms with Crippen LogP contribution in [0.25, 0.3) is 27.8 Å². The van der Waals surface area contributed by atoms with Gasteiger partial charge in [-0.1, -0.05) is 68.8 Å². The molecule has 0 aliphatic carbocycles. The Labute approximate surface area is 196 Å². The Morgan fingerprint density at radius 2 is 1.73 bits per heavy atom. The summed E-state index contributed by atoms with van der Waals surface area (Å²) in [5, 5.41) is 8.70. The van der Waals surface area contributed by atoms with Gasteiger partial charge in [-0.2, -0.15) is 4.98 Å². The van der Waals surface area contributed by atoms with Crippen molar-refractivity contribution in [3.63, 3.8) is 0 Å². The van der Waals surface area contributed by atoms with E-state index in [1.807, 2.05) is 24.1 Å². The van der Waals surface area contributed by atoms with Crippen LogP contribution in [0.3, 0.4) is 0 Å². The second-order valence-electron chi connectivity index (χ2n) is 9.16. The summed E-state index contributed by atoms with van der Waals surface area (Å²) in [5.41, 5.74) is 5.21. The van der Waals surface area contributed by atoms with Crippen molar-refractivity contribution in [1.82, 2.24) is 19.6 Å². The Hall–Kier alpha value is -3.51. The average molecular weight is 460 g/mol. The molecule has 2 aromatic heterocycles. The van der Waals surface area contributed by atoms with Gasteiger partial charge in [-0.25, -0.2) is 4.39 Å². The van der Waals surface area contributed by atoms with Crippen LogP contribution in [0, 0.1) is 5.82 Å². The monoisotopic (exact) mass is 459 g/mol. The molecule has 7 heteroatoms. The topological polar surface area (TPSA) is 46.3 Å². The molecule has 5 rings (SSSR count). The summed E-state index contributed by atoms with van der Waals surface area (Å²) >= 11 is 6.07. The van der Waals surface area contributed by atoms with E-state index in [0.29, 0.717) is 22.5 Å². The Morgan fingerprint density at radius 3 is 2.45 bits per heavy atom. The molecule has 0 spiro atoms. The van der Waals surface area contributed by atoms with Crippen molar-refractivity contribution in [2.45, 2.75) is 26.2 Å². The Balaban J connectivity index is 1.60. The van der Waals surface area contributed by atoms with Crippen LogP contribution in [0.1, 0.15) is 26.3 Å². The van der Waals surface area contributed by atoms with Crippen LogP contribution < -0.4 is 4.90 Å². The maximum absolute atomic E-state index is 14.4. The molecule has 0 N–H and O–H groups in total. The lowest BCUT2D eigenvalue weighted by Gasteiger charge is -2.22. The molecule has 0 unspecified atom stereocenters. The molecule has 0 radical (unpaired) electrons. The van der Waals surface area contributed by atoms with Crippen LogP contribution in [-0.4, -0.2) is 26.6 Å². The van der Waals surface area contributed by atoms with Gasteiger partial charge >= 0.3 is 0 Å². The van der Waals surface area contributed by atoms with Crippen molar-refractivity contribution < 1.29 is 4.39 Å². The first-order chi connectivity index (χ1) is 15.7. The SMILES string of the molecule is CN(c1cccc(-c2ccc(C(C)(C)C)cc2)c1)c1nc2nncn2c2cc(Cl)c(F)cc12. The van der Waals surface area contributed by atoms with Gasteiger partial charge in [-0.05, 0) is 46.4 Å². The molecule has 0 aliphatic heterocycles. The summed E-state index contributed by atoms with van der Waals surface area (Å²) in [7, 11) is 1.91. The maximum Gasteiger partial charge on any atom is 0.257 e. The van der Waals surface area contributed by atoms with Crippen molar-refractivity contribution in [1.29, 1.82) is 0 Å². The van der Waals surface area contributed by atoms with E-state index in [9.17, 15) is 4.39 Å². The molecular weight excluding hydrogens is 437 g/mol. The van der Waals surface area contributed by atoms with Crippen LogP contribution in [0.2, 0.25) is 5.02 Å². The van der Waals surface area contributed by atoms with Crippen molar-refractivity contribution in [2.24, 2.45) is 0 Å². The van der Waals surface area contributed by atoms with Crippen LogP contribution in [0.5, 0.6) is 0 Å². The van der Waals surface area contributed by atoms with Gasteiger partial charge in [-0.3, -0.25) is 4.40 Å². The smallest absolute Gasteiger partial charge is 0.257 e. The third-order valence-electron chi connectivity index (χ3n) is 5.91. The van der Waals surface area contributed by atoms with E-state index in [1.54, 1.807) is 16.8 Å². The molecule has 0 bridgehead atoms. The lowest BCUT2D eigenvalue weighted by Crippen LogP contribution is -2.13. The van der Waals surface area contributed by atoms with Gasteiger partial charge in [-0.15, -0.1) is 10.2 Å². The van der Waals surface area contributed by atoms with E-state index in [-0.39, 0.29) is 10.4 Å². The molecule has 5 nitrogen and oxygen atoms in total. The molecule has 0 saturated carbocycles. The summed E-state index contributed by atoms with van der Waals surface area (Å²) in [6.45, 7) is 6.62. The number of nitrogens with zero attached hydrogens (tertiary/aromatic N) is 5. The number of anilines is 2. The minimum absolute atomic E-state index is 0.0398. The molecular formula is C26H23ClFN5. The van der Waals surface area contributed by atoms with E-state index in [2.05, 4.69) is 72.4 Å². The van der Waals surface area contributed by atoms with Crippen LogP contribution in [0.15, 0.2) is 67.0 Å².